The fourth-order valence-electron chi connectivity index (χ4n) is 2.78. The second kappa shape index (κ2) is 7.70. The van der Waals surface area contributed by atoms with E-state index in [0.717, 1.165) is 30.9 Å². The van der Waals surface area contributed by atoms with E-state index in [9.17, 15) is 13.6 Å². The van der Waals surface area contributed by atoms with Crippen molar-refractivity contribution >= 4 is 28.9 Å². The maximum Gasteiger partial charge on any atom is 0.241 e. The third-order valence-corrected chi connectivity index (χ3v) is 4.40. The van der Waals surface area contributed by atoms with Gasteiger partial charge < -0.3 is 15.1 Å². The molecular weight excluding hydrogens is 348 g/mol. The molecule has 1 fully saturated rings. The summed E-state index contributed by atoms with van der Waals surface area (Å²) in [6.07, 6.45) is 0. The first-order chi connectivity index (χ1) is 12.0. The Bertz CT molecular complexity index is 764. The number of halogens is 3. The maximum absolute atomic E-state index is 13.2. The van der Waals surface area contributed by atoms with Crippen LogP contribution in [0.1, 0.15) is 0 Å². The van der Waals surface area contributed by atoms with Crippen molar-refractivity contribution in [3.05, 3.63) is 59.1 Å². The number of rotatable bonds is 4. The Balaban J connectivity index is 1.50. The van der Waals surface area contributed by atoms with E-state index in [-0.39, 0.29) is 12.5 Å². The second-order valence-electron chi connectivity index (χ2n) is 5.83. The predicted octanol–water partition coefficient (Wildman–Crippen LogP) is 3.38. The Hall–Kier alpha value is -2.34. The molecule has 0 saturated carbocycles. The van der Waals surface area contributed by atoms with Crippen LogP contribution in [0, 0.1) is 11.6 Å². The first-order valence-corrected chi connectivity index (χ1v) is 8.38. The summed E-state index contributed by atoms with van der Waals surface area (Å²) in [6.45, 7) is 2.69. The number of nitrogens with one attached hydrogen (secondary N) is 1. The average Bonchev–Trinajstić information content (AvgIpc) is 2.62. The summed E-state index contributed by atoms with van der Waals surface area (Å²) in [6, 6.07) is 11.1. The molecule has 1 N–H and O–H groups in total. The van der Waals surface area contributed by atoms with E-state index in [0.29, 0.717) is 23.8 Å². The van der Waals surface area contributed by atoms with Crippen molar-refractivity contribution in [3.8, 4) is 0 Å². The van der Waals surface area contributed by atoms with Gasteiger partial charge in [0.15, 0.2) is 11.6 Å². The third kappa shape index (κ3) is 4.39. The van der Waals surface area contributed by atoms with Crippen LogP contribution in [0.3, 0.4) is 0 Å². The van der Waals surface area contributed by atoms with Crippen molar-refractivity contribution in [2.24, 2.45) is 0 Å². The van der Waals surface area contributed by atoms with Crippen LogP contribution in [0.15, 0.2) is 42.5 Å². The second-order valence-corrected chi connectivity index (χ2v) is 6.27. The molecule has 1 aliphatic rings. The summed E-state index contributed by atoms with van der Waals surface area (Å²) < 4.78 is 26.1. The zero-order valence-corrected chi connectivity index (χ0v) is 14.3. The number of anilines is 2. The average molecular weight is 366 g/mol. The van der Waals surface area contributed by atoms with Crippen molar-refractivity contribution < 1.29 is 13.6 Å². The minimum absolute atomic E-state index is 0.0439. The van der Waals surface area contributed by atoms with Gasteiger partial charge in [0.2, 0.25) is 5.91 Å². The van der Waals surface area contributed by atoms with E-state index in [1.807, 2.05) is 24.3 Å². The van der Waals surface area contributed by atoms with E-state index in [2.05, 4.69) is 10.2 Å². The number of benzene rings is 2. The highest BCUT2D eigenvalue weighted by Gasteiger charge is 2.21. The van der Waals surface area contributed by atoms with Crippen LogP contribution < -0.4 is 10.2 Å². The molecule has 1 amide bonds. The molecule has 0 unspecified atom stereocenters. The van der Waals surface area contributed by atoms with Gasteiger partial charge >= 0.3 is 0 Å². The van der Waals surface area contributed by atoms with Crippen LogP contribution in [0.5, 0.6) is 0 Å². The van der Waals surface area contributed by atoms with Gasteiger partial charge in [0.05, 0.1) is 6.54 Å². The Morgan fingerprint density at radius 2 is 1.80 bits per heavy atom. The number of nitrogens with zero attached hydrogens (tertiary/aromatic N) is 2. The SMILES string of the molecule is O=C(CNc1ccc(F)c(F)c1)N1CCN(c2cccc(Cl)c2)CC1. The van der Waals surface area contributed by atoms with E-state index < -0.39 is 11.6 Å². The molecule has 25 heavy (non-hydrogen) atoms. The highest BCUT2D eigenvalue weighted by molar-refractivity contribution is 6.30. The molecule has 0 spiro atoms. The summed E-state index contributed by atoms with van der Waals surface area (Å²) in [5, 5.41) is 3.52. The summed E-state index contributed by atoms with van der Waals surface area (Å²) in [4.78, 5) is 16.2. The quantitative estimate of drug-likeness (QED) is 0.902. The molecule has 1 saturated heterocycles. The molecule has 0 atom stereocenters. The van der Waals surface area contributed by atoms with Gasteiger partial charge in [-0.3, -0.25) is 4.79 Å². The van der Waals surface area contributed by atoms with Gasteiger partial charge in [0, 0.05) is 48.6 Å². The van der Waals surface area contributed by atoms with Crippen LogP contribution in [-0.2, 0) is 4.79 Å². The lowest BCUT2D eigenvalue weighted by Crippen LogP contribution is -2.50. The van der Waals surface area contributed by atoms with E-state index in [1.165, 1.54) is 6.07 Å². The number of piperazine rings is 1. The molecule has 1 aliphatic heterocycles. The zero-order valence-electron chi connectivity index (χ0n) is 13.5. The van der Waals surface area contributed by atoms with Crippen molar-refractivity contribution in [1.29, 1.82) is 0 Å². The van der Waals surface area contributed by atoms with Crippen LogP contribution >= 0.6 is 11.6 Å². The fourth-order valence-corrected chi connectivity index (χ4v) is 2.97. The maximum atomic E-state index is 13.2. The predicted molar refractivity (Wildman–Crippen MR) is 95.1 cm³/mol. The third-order valence-electron chi connectivity index (χ3n) is 4.17. The summed E-state index contributed by atoms with van der Waals surface area (Å²) in [5.74, 6) is -1.92. The molecule has 0 aromatic heterocycles. The largest absolute Gasteiger partial charge is 0.376 e. The molecule has 3 rings (SSSR count). The Morgan fingerprint density at radius 3 is 2.48 bits per heavy atom. The van der Waals surface area contributed by atoms with Crippen LogP contribution in [0.2, 0.25) is 5.02 Å². The number of carbonyl (C=O) groups excluding carboxylic acids is 1. The molecule has 132 valence electrons. The molecule has 4 nitrogen and oxygen atoms in total. The lowest BCUT2D eigenvalue weighted by molar-refractivity contribution is -0.129. The van der Waals surface area contributed by atoms with E-state index in [4.69, 9.17) is 11.6 Å². The van der Waals surface area contributed by atoms with Crippen molar-refractivity contribution in [3.63, 3.8) is 0 Å². The number of hydrogen-bond acceptors (Lipinski definition) is 3. The Morgan fingerprint density at radius 1 is 1.04 bits per heavy atom. The zero-order chi connectivity index (χ0) is 17.8. The van der Waals surface area contributed by atoms with Gasteiger partial charge in [-0.05, 0) is 30.3 Å². The number of amides is 1. The topological polar surface area (TPSA) is 35.6 Å². The van der Waals surface area contributed by atoms with Crippen LogP contribution in [-0.4, -0.2) is 43.5 Å². The minimum Gasteiger partial charge on any atom is -0.376 e. The van der Waals surface area contributed by atoms with Crippen molar-refractivity contribution in [2.75, 3.05) is 42.9 Å². The Kier molecular flexibility index (Phi) is 5.38. The van der Waals surface area contributed by atoms with Gasteiger partial charge in [-0.2, -0.15) is 0 Å². The fraction of sp³-hybridized carbons (Fsp3) is 0.278. The van der Waals surface area contributed by atoms with Gasteiger partial charge in [-0.15, -0.1) is 0 Å². The molecule has 0 radical (unpaired) electrons. The standard InChI is InChI=1S/C18H18ClF2N3O/c19-13-2-1-3-15(10-13)23-6-8-24(9-7-23)18(25)12-22-14-4-5-16(20)17(21)11-14/h1-5,10-11,22H,6-9,12H2. The molecule has 1 heterocycles. The van der Waals surface area contributed by atoms with Crippen molar-refractivity contribution in [2.45, 2.75) is 0 Å². The normalized spacial score (nSPS) is 14.5. The van der Waals surface area contributed by atoms with Gasteiger partial charge in [-0.25, -0.2) is 8.78 Å². The number of hydrogen-bond donors (Lipinski definition) is 1. The van der Waals surface area contributed by atoms with Crippen LogP contribution in [0.25, 0.3) is 0 Å². The lowest BCUT2D eigenvalue weighted by Gasteiger charge is -2.36. The first-order valence-electron chi connectivity index (χ1n) is 8.00. The highest BCUT2D eigenvalue weighted by Crippen LogP contribution is 2.21. The van der Waals surface area contributed by atoms with E-state index in [1.54, 1.807) is 4.90 Å². The van der Waals surface area contributed by atoms with Gasteiger partial charge in [0.1, 0.15) is 0 Å². The van der Waals surface area contributed by atoms with Crippen molar-refractivity contribution in [1.82, 2.24) is 4.90 Å². The van der Waals surface area contributed by atoms with Crippen LogP contribution in [0.4, 0.5) is 20.2 Å². The minimum atomic E-state index is -0.937. The molecule has 0 aliphatic carbocycles. The molecule has 2 aromatic carbocycles. The summed E-state index contributed by atoms with van der Waals surface area (Å²) >= 11 is 6.01. The van der Waals surface area contributed by atoms with Gasteiger partial charge in [0.25, 0.3) is 0 Å². The van der Waals surface area contributed by atoms with E-state index >= 15 is 0 Å². The lowest BCUT2D eigenvalue weighted by atomic mass is 10.2. The smallest absolute Gasteiger partial charge is 0.241 e. The first kappa shape index (κ1) is 17.5. The molecular formula is C18H18ClF2N3O. The number of carbonyl (C=O) groups is 1. The summed E-state index contributed by atoms with van der Waals surface area (Å²) in [7, 11) is 0. The monoisotopic (exact) mass is 365 g/mol. The molecule has 2 aromatic rings. The molecule has 7 heteroatoms. The Labute approximate surface area is 150 Å². The molecule has 0 bridgehead atoms. The summed E-state index contributed by atoms with van der Waals surface area (Å²) in [5.41, 5.74) is 1.42. The van der Waals surface area contributed by atoms with Gasteiger partial charge in [-0.1, -0.05) is 17.7 Å². The highest BCUT2D eigenvalue weighted by atomic mass is 35.5.